The minimum atomic E-state index is 0.00917. The third-order valence-electron chi connectivity index (χ3n) is 2.81. The number of aliphatic hydroxyl groups excluding tert-OH is 1. The van der Waals surface area contributed by atoms with Crippen LogP contribution in [0, 0.1) is 6.92 Å². The molecule has 98 valence electrons. The molecule has 0 aliphatic carbocycles. The molecule has 6 heteroatoms. The lowest BCUT2D eigenvalue weighted by Crippen LogP contribution is -2.24. The molecule has 0 aliphatic heterocycles. The number of anilines is 2. The largest absolute Gasteiger partial charge is 0.394 e. The standard InChI is InChI=1S/C12H18N4OS/c1-3-4-8(5-17)14-11-10-9(7(2)6-18-10)15-12(13)16-11/h6,8,17H,3-5H2,1-2H3,(H3,13,14,15,16). The van der Waals surface area contributed by atoms with Gasteiger partial charge in [0, 0.05) is 0 Å². The molecule has 2 rings (SSSR count). The molecule has 0 bridgehead atoms. The van der Waals surface area contributed by atoms with E-state index in [1.54, 1.807) is 11.3 Å². The molecule has 2 aromatic heterocycles. The first-order valence-corrected chi connectivity index (χ1v) is 6.92. The van der Waals surface area contributed by atoms with Crippen molar-refractivity contribution in [2.45, 2.75) is 32.7 Å². The molecule has 0 radical (unpaired) electrons. The van der Waals surface area contributed by atoms with Crippen LogP contribution in [-0.4, -0.2) is 27.7 Å². The van der Waals surface area contributed by atoms with Crippen molar-refractivity contribution in [3.8, 4) is 0 Å². The highest BCUT2D eigenvalue weighted by Crippen LogP contribution is 2.30. The van der Waals surface area contributed by atoms with Crippen molar-refractivity contribution in [3.05, 3.63) is 10.9 Å². The average Bonchev–Trinajstić information content (AvgIpc) is 2.71. The van der Waals surface area contributed by atoms with Gasteiger partial charge in [-0.2, -0.15) is 4.98 Å². The minimum Gasteiger partial charge on any atom is -0.394 e. The highest BCUT2D eigenvalue weighted by molar-refractivity contribution is 7.18. The summed E-state index contributed by atoms with van der Waals surface area (Å²) in [7, 11) is 0. The molecular formula is C12H18N4OS. The fourth-order valence-corrected chi connectivity index (χ4v) is 2.84. The molecule has 0 saturated carbocycles. The normalized spacial score (nSPS) is 12.8. The zero-order chi connectivity index (χ0) is 13.1. The monoisotopic (exact) mass is 266 g/mol. The van der Waals surface area contributed by atoms with E-state index in [1.807, 2.05) is 12.3 Å². The predicted octanol–water partition coefficient (Wildman–Crippen LogP) is 2.15. The summed E-state index contributed by atoms with van der Waals surface area (Å²) < 4.78 is 0.997. The molecule has 0 fully saturated rings. The maximum absolute atomic E-state index is 9.33. The van der Waals surface area contributed by atoms with Gasteiger partial charge in [-0.1, -0.05) is 13.3 Å². The van der Waals surface area contributed by atoms with Gasteiger partial charge in [0.05, 0.1) is 22.9 Å². The number of fused-ring (bicyclic) bond motifs is 1. The lowest BCUT2D eigenvalue weighted by Gasteiger charge is -2.16. The Hall–Kier alpha value is -1.40. The SMILES string of the molecule is CCCC(CO)Nc1nc(N)nc2c(C)csc12. The number of nitrogen functional groups attached to an aromatic ring is 1. The van der Waals surface area contributed by atoms with Crippen LogP contribution in [0.1, 0.15) is 25.3 Å². The minimum absolute atomic E-state index is 0.00917. The summed E-state index contributed by atoms with van der Waals surface area (Å²) in [5, 5.41) is 14.6. The fraction of sp³-hybridized carbons (Fsp3) is 0.500. The number of nitrogens with one attached hydrogen (secondary N) is 1. The third kappa shape index (κ3) is 2.54. The van der Waals surface area contributed by atoms with Gasteiger partial charge in [0.2, 0.25) is 5.95 Å². The van der Waals surface area contributed by atoms with E-state index < -0.39 is 0 Å². The maximum atomic E-state index is 9.33. The molecule has 0 aliphatic rings. The molecule has 4 N–H and O–H groups in total. The van der Waals surface area contributed by atoms with E-state index >= 15 is 0 Å². The van der Waals surface area contributed by atoms with E-state index in [1.165, 1.54) is 0 Å². The summed E-state index contributed by atoms with van der Waals surface area (Å²) in [6.45, 7) is 4.18. The van der Waals surface area contributed by atoms with Gasteiger partial charge in [-0.3, -0.25) is 0 Å². The van der Waals surface area contributed by atoms with Gasteiger partial charge in [0.15, 0.2) is 0 Å². The van der Waals surface area contributed by atoms with Crippen molar-refractivity contribution in [3.63, 3.8) is 0 Å². The fourth-order valence-electron chi connectivity index (χ4n) is 1.90. The third-order valence-corrected chi connectivity index (χ3v) is 3.90. The first-order valence-electron chi connectivity index (χ1n) is 6.04. The molecule has 0 aromatic carbocycles. The van der Waals surface area contributed by atoms with Crippen LogP contribution in [0.25, 0.3) is 10.2 Å². The summed E-state index contributed by atoms with van der Waals surface area (Å²) in [6, 6.07) is 0.00917. The molecule has 2 heterocycles. The van der Waals surface area contributed by atoms with Crippen molar-refractivity contribution in [1.82, 2.24) is 9.97 Å². The lowest BCUT2D eigenvalue weighted by atomic mass is 10.2. The van der Waals surface area contributed by atoms with Gasteiger partial charge in [-0.25, -0.2) is 4.98 Å². The topological polar surface area (TPSA) is 84.1 Å². The zero-order valence-corrected chi connectivity index (χ0v) is 11.4. The number of aryl methyl sites for hydroxylation is 1. The quantitative estimate of drug-likeness (QED) is 0.772. The van der Waals surface area contributed by atoms with Crippen LogP contribution in [0.5, 0.6) is 0 Å². The van der Waals surface area contributed by atoms with E-state index in [-0.39, 0.29) is 18.6 Å². The molecule has 1 atom stereocenters. The second-order valence-corrected chi connectivity index (χ2v) is 5.22. The molecule has 0 spiro atoms. The van der Waals surface area contributed by atoms with E-state index in [9.17, 15) is 5.11 Å². The number of hydrogen-bond acceptors (Lipinski definition) is 6. The van der Waals surface area contributed by atoms with Crippen LogP contribution in [0.15, 0.2) is 5.38 Å². The van der Waals surface area contributed by atoms with Crippen LogP contribution in [0.3, 0.4) is 0 Å². The Kier molecular flexibility index (Phi) is 3.98. The number of aromatic nitrogens is 2. The van der Waals surface area contributed by atoms with Crippen LogP contribution >= 0.6 is 11.3 Å². The number of thiophene rings is 1. The zero-order valence-electron chi connectivity index (χ0n) is 10.6. The van der Waals surface area contributed by atoms with Gasteiger partial charge in [0.1, 0.15) is 5.82 Å². The van der Waals surface area contributed by atoms with E-state index in [0.29, 0.717) is 0 Å². The summed E-state index contributed by atoms with van der Waals surface area (Å²) in [5.41, 5.74) is 7.72. The van der Waals surface area contributed by atoms with Crippen LogP contribution in [0.4, 0.5) is 11.8 Å². The summed E-state index contributed by atoms with van der Waals surface area (Å²) >= 11 is 1.60. The molecule has 0 saturated heterocycles. The van der Waals surface area contributed by atoms with Crippen LogP contribution < -0.4 is 11.1 Å². The number of hydrogen-bond donors (Lipinski definition) is 3. The molecule has 1 unspecified atom stereocenters. The van der Waals surface area contributed by atoms with E-state index in [0.717, 1.165) is 34.4 Å². The van der Waals surface area contributed by atoms with Gasteiger partial charge in [-0.05, 0) is 24.3 Å². The number of nitrogens with zero attached hydrogens (tertiary/aromatic N) is 2. The highest BCUT2D eigenvalue weighted by atomic mass is 32.1. The van der Waals surface area contributed by atoms with Crippen LogP contribution in [0.2, 0.25) is 0 Å². The van der Waals surface area contributed by atoms with Crippen molar-refractivity contribution < 1.29 is 5.11 Å². The van der Waals surface area contributed by atoms with Crippen molar-refractivity contribution in [1.29, 1.82) is 0 Å². The lowest BCUT2D eigenvalue weighted by molar-refractivity contribution is 0.268. The second-order valence-electron chi connectivity index (χ2n) is 4.34. The maximum Gasteiger partial charge on any atom is 0.222 e. The number of aliphatic hydroxyl groups is 1. The van der Waals surface area contributed by atoms with Crippen molar-refractivity contribution in [2.75, 3.05) is 17.7 Å². The Balaban J connectivity index is 2.37. The molecule has 2 aromatic rings. The first-order chi connectivity index (χ1) is 8.65. The Morgan fingerprint density at radius 2 is 2.28 bits per heavy atom. The molecular weight excluding hydrogens is 248 g/mol. The molecule has 0 amide bonds. The average molecular weight is 266 g/mol. The second kappa shape index (κ2) is 5.49. The number of rotatable bonds is 5. The van der Waals surface area contributed by atoms with Crippen LogP contribution in [-0.2, 0) is 0 Å². The summed E-state index contributed by atoms with van der Waals surface area (Å²) in [4.78, 5) is 8.49. The van der Waals surface area contributed by atoms with E-state index in [2.05, 4.69) is 22.2 Å². The highest BCUT2D eigenvalue weighted by Gasteiger charge is 2.13. The summed E-state index contributed by atoms with van der Waals surface area (Å²) in [5.74, 6) is 0.989. The van der Waals surface area contributed by atoms with Gasteiger partial charge >= 0.3 is 0 Å². The van der Waals surface area contributed by atoms with Gasteiger partial charge in [0.25, 0.3) is 0 Å². The Morgan fingerprint density at radius 1 is 1.50 bits per heavy atom. The summed E-state index contributed by atoms with van der Waals surface area (Å²) in [6.07, 6.45) is 1.90. The molecule has 18 heavy (non-hydrogen) atoms. The smallest absolute Gasteiger partial charge is 0.222 e. The van der Waals surface area contributed by atoms with Gasteiger partial charge in [-0.15, -0.1) is 11.3 Å². The van der Waals surface area contributed by atoms with Crippen molar-refractivity contribution in [2.24, 2.45) is 0 Å². The van der Waals surface area contributed by atoms with Crippen molar-refractivity contribution >= 4 is 33.3 Å². The number of nitrogens with two attached hydrogens (primary N) is 1. The predicted molar refractivity (Wildman–Crippen MR) is 76.0 cm³/mol. The Morgan fingerprint density at radius 3 is 2.94 bits per heavy atom. The van der Waals surface area contributed by atoms with E-state index in [4.69, 9.17) is 5.73 Å². The first kappa shape index (κ1) is 13.0. The van der Waals surface area contributed by atoms with Gasteiger partial charge < -0.3 is 16.2 Å². The molecule has 5 nitrogen and oxygen atoms in total. The Labute approximate surface area is 110 Å². The Bertz CT molecular complexity index is 540.